The summed E-state index contributed by atoms with van der Waals surface area (Å²) in [6.45, 7) is 5.35. The number of hydrogen-bond donors (Lipinski definition) is 3. The van der Waals surface area contributed by atoms with Gasteiger partial charge in [-0.3, -0.25) is 4.79 Å². The number of hydrogen-bond acceptors (Lipinski definition) is 5. The van der Waals surface area contributed by atoms with Crippen molar-refractivity contribution in [3.8, 4) is 0 Å². The van der Waals surface area contributed by atoms with E-state index in [1.807, 2.05) is 24.7 Å². The number of β-lactam (4-membered cyclic amide) rings is 1. The molecule has 0 radical (unpaired) electrons. The van der Waals surface area contributed by atoms with Gasteiger partial charge in [-0.15, -0.1) is 11.8 Å². The molecule has 10 heteroatoms. The molecule has 6 atom stereocenters. The lowest BCUT2D eigenvalue weighted by Crippen LogP contribution is -3.00. The van der Waals surface area contributed by atoms with Crippen molar-refractivity contribution in [2.24, 2.45) is 18.9 Å². The number of aliphatic hydroxyl groups is 1. The number of carboxylic acids is 1. The van der Waals surface area contributed by atoms with Crippen LogP contribution in [0.5, 0.6) is 0 Å². The molecule has 0 bridgehead atoms. The molecule has 1 aromatic heterocycles. The number of nitrogens with one attached hydrogen (secondary N) is 1. The van der Waals surface area contributed by atoms with Crippen LogP contribution in [0.3, 0.4) is 0 Å². The third kappa shape index (κ3) is 4.00. The lowest BCUT2D eigenvalue weighted by Gasteiger charge is -2.46. The summed E-state index contributed by atoms with van der Waals surface area (Å²) in [6.07, 6.45) is 7.37. The predicted molar refractivity (Wildman–Crippen MR) is 108 cm³/mol. The molecule has 0 saturated carbocycles. The van der Waals surface area contributed by atoms with Gasteiger partial charge in [-0.05, 0) is 13.3 Å². The molecule has 3 aliphatic heterocycles. The summed E-state index contributed by atoms with van der Waals surface area (Å²) in [6, 6.07) is 0.158. The van der Waals surface area contributed by atoms with Crippen molar-refractivity contribution in [1.29, 1.82) is 0 Å². The Bertz CT molecular complexity index is 858. The number of fused-ring (bicyclic) bond motifs is 1. The number of amides is 1. The molecule has 166 valence electrons. The summed E-state index contributed by atoms with van der Waals surface area (Å²) in [7, 11) is 2.00. The highest BCUT2D eigenvalue weighted by Crippen LogP contribution is 2.51. The first-order valence-corrected chi connectivity index (χ1v) is 11.1. The zero-order valence-electron chi connectivity index (χ0n) is 17.4. The molecule has 2 fully saturated rings. The van der Waals surface area contributed by atoms with E-state index in [2.05, 4.69) is 22.4 Å². The van der Waals surface area contributed by atoms with Crippen LogP contribution in [-0.2, 0) is 23.2 Å². The molecule has 2 saturated heterocycles. The molecule has 1 aromatic rings. The Morgan fingerprint density at radius 3 is 2.80 bits per heavy atom. The van der Waals surface area contributed by atoms with E-state index < -0.39 is 18.0 Å². The van der Waals surface area contributed by atoms with Crippen LogP contribution in [0.15, 0.2) is 29.3 Å². The van der Waals surface area contributed by atoms with Crippen LogP contribution in [0.1, 0.15) is 26.7 Å². The number of aryl methyl sites for hydroxylation is 2. The van der Waals surface area contributed by atoms with Crippen molar-refractivity contribution in [2.45, 2.75) is 56.7 Å². The van der Waals surface area contributed by atoms with E-state index in [9.17, 15) is 19.8 Å². The molecule has 8 nitrogen and oxygen atoms in total. The van der Waals surface area contributed by atoms with Crippen molar-refractivity contribution in [1.82, 2.24) is 14.8 Å². The highest BCUT2D eigenvalue weighted by atomic mass is 35.5. The quantitative estimate of drug-likeness (QED) is 0.306. The maximum absolute atomic E-state index is 12.4. The number of aliphatic carboxylic acids is 1. The maximum Gasteiger partial charge on any atom is 0.353 e. The summed E-state index contributed by atoms with van der Waals surface area (Å²) in [5.74, 6) is -1.90. The summed E-state index contributed by atoms with van der Waals surface area (Å²) in [5, 5.41) is 23.6. The Kier molecular flexibility index (Phi) is 6.86. The molecule has 0 aromatic carbocycles. The maximum atomic E-state index is 12.4. The van der Waals surface area contributed by atoms with Gasteiger partial charge in [0.2, 0.25) is 12.2 Å². The van der Waals surface area contributed by atoms with Gasteiger partial charge >= 0.3 is 5.97 Å². The van der Waals surface area contributed by atoms with Crippen LogP contribution in [-0.4, -0.2) is 61.5 Å². The largest absolute Gasteiger partial charge is 1.00 e. The number of imidazole rings is 1. The summed E-state index contributed by atoms with van der Waals surface area (Å²) in [4.78, 5) is 26.5. The second-order valence-electron chi connectivity index (χ2n) is 8.46. The number of halogens is 1. The minimum absolute atomic E-state index is 0. The van der Waals surface area contributed by atoms with Crippen molar-refractivity contribution >= 4 is 23.6 Å². The number of nitrogens with zero attached hydrogens (tertiary/aromatic N) is 3. The first-order valence-electron chi connectivity index (χ1n) is 10.2. The van der Waals surface area contributed by atoms with Crippen molar-refractivity contribution in [2.75, 3.05) is 6.54 Å². The Morgan fingerprint density at radius 2 is 2.20 bits per heavy atom. The average Bonchev–Trinajstić information content (AvgIpc) is 3.32. The summed E-state index contributed by atoms with van der Waals surface area (Å²) in [5.41, 5.74) is 0.123. The molecule has 0 spiro atoms. The smallest absolute Gasteiger partial charge is 0.353 e. The molecule has 30 heavy (non-hydrogen) atoms. The minimum atomic E-state index is -1.05. The van der Waals surface area contributed by atoms with Crippen LogP contribution < -0.4 is 22.3 Å². The second-order valence-corrected chi connectivity index (χ2v) is 9.80. The topological polar surface area (TPSA) is 98.7 Å². The molecule has 4 heterocycles. The van der Waals surface area contributed by atoms with Gasteiger partial charge < -0.3 is 32.8 Å². The van der Waals surface area contributed by atoms with Gasteiger partial charge in [0.25, 0.3) is 0 Å². The molecule has 4 rings (SSSR count). The van der Waals surface area contributed by atoms with Crippen LogP contribution >= 0.6 is 11.8 Å². The molecular weight excluding hydrogens is 428 g/mol. The van der Waals surface area contributed by atoms with Crippen molar-refractivity contribution < 1.29 is 36.8 Å². The zero-order chi connectivity index (χ0) is 20.9. The second kappa shape index (κ2) is 8.90. The monoisotopic (exact) mass is 456 g/mol. The van der Waals surface area contributed by atoms with E-state index in [-0.39, 0.29) is 41.2 Å². The fourth-order valence-corrected chi connectivity index (χ4v) is 6.41. The average molecular weight is 457 g/mol. The highest BCUT2D eigenvalue weighted by Gasteiger charge is 2.60. The van der Waals surface area contributed by atoms with Gasteiger partial charge in [0, 0.05) is 35.1 Å². The highest BCUT2D eigenvalue weighted by molar-refractivity contribution is 8.03. The number of aromatic nitrogens is 2. The fraction of sp³-hybridized carbons (Fsp3) is 0.650. The lowest BCUT2D eigenvalue weighted by molar-refractivity contribution is -0.671. The number of thioether (sulfide) groups is 1. The van der Waals surface area contributed by atoms with E-state index in [4.69, 9.17) is 0 Å². The van der Waals surface area contributed by atoms with E-state index in [0.29, 0.717) is 6.04 Å². The summed E-state index contributed by atoms with van der Waals surface area (Å²) >= 11 is 1.60. The van der Waals surface area contributed by atoms with E-state index in [0.717, 1.165) is 30.8 Å². The van der Waals surface area contributed by atoms with E-state index >= 15 is 0 Å². The number of aliphatic hydroxyl groups excluding tert-OH is 1. The van der Waals surface area contributed by atoms with Gasteiger partial charge in [-0.25, -0.2) is 13.9 Å². The van der Waals surface area contributed by atoms with E-state index in [1.165, 1.54) is 4.90 Å². The standard InChI is InChI=1S/C20H28N4O4S.ClH/c1-11-16-15(12(2)25)19(26)24(16)17(20(27)28)18(11)29-14-8-13(21-9-14)4-5-23-7-6-22(3)10-23;/h6-7,10-16,21,25H,4-5,8-9H2,1-3H3;1H/t11-,12-,13-,14+,15-,16-;/m1./s1. The van der Waals surface area contributed by atoms with Gasteiger partial charge in [-0.1, -0.05) is 6.92 Å². The molecule has 3 aliphatic rings. The fourth-order valence-electron chi connectivity index (χ4n) is 4.89. The van der Waals surface area contributed by atoms with Gasteiger partial charge in [-0.2, -0.15) is 0 Å². The third-order valence-corrected chi connectivity index (χ3v) is 7.86. The normalized spacial score (nSPS) is 31.4. The lowest BCUT2D eigenvalue weighted by atomic mass is 9.79. The molecular formula is C20H29ClN4O4S. The first kappa shape index (κ1) is 23.1. The van der Waals surface area contributed by atoms with Crippen LogP contribution in [0.4, 0.5) is 0 Å². The Balaban J connectivity index is 0.00000256. The number of carboxylic acid groups (broad SMARTS) is 1. The molecule has 0 unspecified atom stereocenters. The third-order valence-electron chi connectivity index (χ3n) is 6.35. The number of carbonyl (C=O) groups excluding carboxylic acids is 1. The first-order chi connectivity index (χ1) is 13.8. The Hall–Kier alpha value is -1.55. The Morgan fingerprint density at radius 1 is 1.47 bits per heavy atom. The van der Waals surface area contributed by atoms with Crippen molar-refractivity contribution in [3.05, 3.63) is 29.3 Å². The molecule has 0 aliphatic carbocycles. The predicted octanol–water partition coefficient (Wildman–Crippen LogP) is -2.68. The summed E-state index contributed by atoms with van der Waals surface area (Å²) < 4.78 is 4.19. The minimum Gasteiger partial charge on any atom is -1.00 e. The number of rotatable bonds is 7. The van der Waals surface area contributed by atoms with Crippen molar-refractivity contribution in [3.63, 3.8) is 0 Å². The molecule has 1 amide bonds. The van der Waals surface area contributed by atoms with Crippen LogP contribution in [0.25, 0.3) is 0 Å². The van der Waals surface area contributed by atoms with E-state index in [1.54, 1.807) is 18.7 Å². The molecule has 3 N–H and O–H groups in total. The van der Waals surface area contributed by atoms with Gasteiger partial charge in [0.05, 0.1) is 31.7 Å². The zero-order valence-corrected chi connectivity index (χ0v) is 18.9. The van der Waals surface area contributed by atoms with Gasteiger partial charge in [0.15, 0.2) is 0 Å². The van der Waals surface area contributed by atoms with Gasteiger partial charge in [0.1, 0.15) is 18.1 Å². The SMILES string of the molecule is C[C@@H](O)[C@H]1C(=O)N2C(C(=O)O)=C(S[C@@H]3CN[C@H](CCn4cc[n+](C)c4)C3)[C@H](C)[C@H]12.[Cl-]. The Labute approximate surface area is 186 Å². The number of carbonyl (C=O) groups is 2. The van der Waals surface area contributed by atoms with Crippen LogP contribution in [0.2, 0.25) is 0 Å². The van der Waals surface area contributed by atoms with Crippen LogP contribution in [0, 0.1) is 11.8 Å².